The van der Waals surface area contributed by atoms with Gasteiger partial charge in [-0.25, -0.2) is 4.98 Å². The lowest BCUT2D eigenvalue weighted by Gasteiger charge is -2.35. The first-order valence-electron chi connectivity index (χ1n) is 11.4. The number of hydrogen-bond acceptors (Lipinski definition) is 6. The molecule has 1 aliphatic rings. The Morgan fingerprint density at radius 3 is 2.47 bits per heavy atom. The van der Waals surface area contributed by atoms with Crippen LogP contribution in [0.3, 0.4) is 0 Å². The Morgan fingerprint density at radius 1 is 1.08 bits per heavy atom. The van der Waals surface area contributed by atoms with Gasteiger partial charge >= 0.3 is 5.97 Å². The molecule has 11 heteroatoms. The fraction of sp³-hybridized carbons (Fsp3) is 0.280. The highest BCUT2D eigenvalue weighted by atomic mass is 16.6. The highest BCUT2D eigenvalue weighted by molar-refractivity contribution is 5.89. The van der Waals surface area contributed by atoms with Crippen LogP contribution < -0.4 is 5.32 Å². The van der Waals surface area contributed by atoms with Crippen LogP contribution in [0.2, 0.25) is 0 Å². The van der Waals surface area contributed by atoms with Gasteiger partial charge < -0.3 is 19.9 Å². The molecule has 0 aliphatic carbocycles. The lowest BCUT2D eigenvalue weighted by molar-refractivity contribution is -0.384. The van der Waals surface area contributed by atoms with Crippen molar-refractivity contribution in [2.45, 2.75) is 38.4 Å². The molecule has 1 atom stereocenters. The predicted molar refractivity (Wildman–Crippen MR) is 128 cm³/mol. The molecule has 0 saturated heterocycles. The lowest BCUT2D eigenvalue weighted by atomic mass is 10.00. The Hall–Kier alpha value is -4.54. The molecule has 0 radical (unpaired) electrons. The fourth-order valence-electron chi connectivity index (χ4n) is 4.20. The number of fused-ring (bicyclic) bond motifs is 1. The minimum Gasteiger partial charge on any atom is -0.481 e. The third-order valence-corrected chi connectivity index (χ3v) is 6.08. The van der Waals surface area contributed by atoms with E-state index in [4.69, 9.17) is 5.11 Å². The summed E-state index contributed by atoms with van der Waals surface area (Å²) in [4.78, 5) is 53.6. The summed E-state index contributed by atoms with van der Waals surface area (Å²) in [6, 6.07) is 14.6. The van der Waals surface area contributed by atoms with E-state index < -0.39 is 22.8 Å². The summed E-state index contributed by atoms with van der Waals surface area (Å²) in [5, 5.41) is 22.4. The van der Waals surface area contributed by atoms with E-state index in [0.29, 0.717) is 12.2 Å². The molecule has 3 aromatic rings. The smallest absolute Gasteiger partial charge is 0.305 e. The first-order chi connectivity index (χ1) is 17.3. The van der Waals surface area contributed by atoms with Crippen molar-refractivity contribution in [3.63, 3.8) is 0 Å². The number of nitrogens with zero attached hydrogens (tertiary/aromatic N) is 4. The van der Waals surface area contributed by atoms with E-state index in [2.05, 4.69) is 10.3 Å². The molecule has 36 heavy (non-hydrogen) atoms. The van der Waals surface area contributed by atoms with Crippen molar-refractivity contribution < 1.29 is 24.4 Å². The molecule has 0 spiro atoms. The molecule has 2 amide bonds. The van der Waals surface area contributed by atoms with Gasteiger partial charge in [0.25, 0.3) is 5.69 Å². The largest absolute Gasteiger partial charge is 0.481 e. The van der Waals surface area contributed by atoms with Crippen molar-refractivity contribution in [1.29, 1.82) is 0 Å². The van der Waals surface area contributed by atoms with Crippen LogP contribution >= 0.6 is 0 Å². The molecule has 186 valence electrons. The summed E-state index contributed by atoms with van der Waals surface area (Å²) in [5.74, 6) is -1.68. The third kappa shape index (κ3) is 5.74. The number of aliphatic carboxylic acids is 1. The van der Waals surface area contributed by atoms with Gasteiger partial charge in [0.1, 0.15) is 6.04 Å². The number of nitro groups is 1. The number of aromatic nitrogens is 2. The van der Waals surface area contributed by atoms with E-state index in [1.165, 1.54) is 17.0 Å². The Labute approximate surface area is 206 Å². The van der Waals surface area contributed by atoms with E-state index >= 15 is 0 Å². The summed E-state index contributed by atoms with van der Waals surface area (Å²) in [6.07, 6.45) is 1.73. The quantitative estimate of drug-likeness (QED) is 0.343. The van der Waals surface area contributed by atoms with Gasteiger partial charge in [0.05, 0.1) is 42.0 Å². The topological polar surface area (TPSA) is 148 Å². The number of carboxylic acids is 1. The van der Waals surface area contributed by atoms with Crippen LogP contribution in [-0.2, 0) is 40.3 Å². The van der Waals surface area contributed by atoms with Gasteiger partial charge in [-0.3, -0.25) is 24.5 Å². The molecule has 11 nitrogen and oxygen atoms in total. The number of imidazole rings is 1. The molecule has 4 rings (SSSR count). The molecular formula is C25H25N5O6. The number of nitrogens with one attached hydrogen (secondary N) is 1. The van der Waals surface area contributed by atoms with Gasteiger partial charge in [-0.2, -0.15) is 0 Å². The van der Waals surface area contributed by atoms with Crippen molar-refractivity contribution in [2.75, 3.05) is 6.54 Å². The third-order valence-electron chi connectivity index (χ3n) is 6.08. The summed E-state index contributed by atoms with van der Waals surface area (Å²) >= 11 is 0. The van der Waals surface area contributed by atoms with E-state index in [0.717, 1.165) is 16.8 Å². The molecule has 2 heterocycles. The molecule has 0 bridgehead atoms. The number of amides is 2. The minimum atomic E-state index is -1.02. The highest BCUT2D eigenvalue weighted by Gasteiger charge is 2.36. The highest BCUT2D eigenvalue weighted by Crippen LogP contribution is 2.25. The molecule has 1 unspecified atom stereocenters. The molecule has 1 aromatic heterocycles. The molecular weight excluding hydrogens is 466 g/mol. The molecule has 2 aromatic carbocycles. The second kappa shape index (κ2) is 10.8. The van der Waals surface area contributed by atoms with Crippen LogP contribution in [0, 0.1) is 10.1 Å². The number of non-ortho nitro benzene ring substituents is 1. The minimum absolute atomic E-state index is 0.000783. The maximum atomic E-state index is 13.3. The number of benzene rings is 2. The normalized spacial score (nSPS) is 14.7. The maximum Gasteiger partial charge on any atom is 0.305 e. The first kappa shape index (κ1) is 24.6. The van der Waals surface area contributed by atoms with Gasteiger partial charge in [-0.1, -0.05) is 42.5 Å². The van der Waals surface area contributed by atoms with Gasteiger partial charge in [0.15, 0.2) is 0 Å². The summed E-state index contributed by atoms with van der Waals surface area (Å²) in [6.45, 7) is 0.522. The van der Waals surface area contributed by atoms with Crippen LogP contribution in [-0.4, -0.2) is 54.9 Å². The van der Waals surface area contributed by atoms with E-state index in [9.17, 15) is 24.5 Å². The Bertz CT molecular complexity index is 1270. The number of nitro benzene ring substituents is 1. The van der Waals surface area contributed by atoms with Crippen molar-refractivity contribution >= 4 is 23.5 Å². The fourth-order valence-corrected chi connectivity index (χ4v) is 4.20. The van der Waals surface area contributed by atoms with Gasteiger partial charge in [-0.15, -0.1) is 0 Å². The zero-order valence-electron chi connectivity index (χ0n) is 19.4. The van der Waals surface area contributed by atoms with E-state index in [-0.39, 0.29) is 43.9 Å². The van der Waals surface area contributed by atoms with E-state index in [1.54, 1.807) is 18.5 Å². The summed E-state index contributed by atoms with van der Waals surface area (Å²) < 4.78 is 1.87. The Morgan fingerprint density at radius 2 is 1.81 bits per heavy atom. The van der Waals surface area contributed by atoms with Gasteiger partial charge in [-0.05, 0) is 11.1 Å². The first-order valence-corrected chi connectivity index (χ1v) is 11.4. The van der Waals surface area contributed by atoms with E-state index in [1.807, 2.05) is 34.9 Å². The van der Waals surface area contributed by atoms with Crippen LogP contribution in [0.1, 0.15) is 28.9 Å². The maximum absolute atomic E-state index is 13.3. The number of carbonyl (C=O) groups excluding carboxylic acids is 2. The average molecular weight is 492 g/mol. The van der Waals surface area contributed by atoms with Crippen LogP contribution in [0.5, 0.6) is 0 Å². The van der Waals surface area contributed by atoms with Crippen LogP contribution in [0.25, 0.3) is 0 Å². The van der Waals surface area contributed by atoms with Crippen LogP contribution in [0.4, 0.5) is 5.69 Å². The zero-order chi connectivity index (χ0) is 25.7. The number of carbonyl (C=O) groups is 3. The monoisotopic (exact) mass is 491 g/mol. The summed E-state index contributed by atoms with van der Waals surface area (Å²) in [7, 11) is 0. The van der Waals surface area contributed by atoms with Gasteiger partial charge in [0, 0.05) is 31.6 Å². The summed E-state index contributed by atoms with van der Waals surface area (Å²) in [5.41, 5.74) is 3.11. The van der Waals surface area contributed by atoms with Crippen molar-refractivity contribution in [3.05, 3.63) is 93.6 Å². The number of hydrogen-bond donors (Lipinski definition) is 2. The Balaban J connectivity index is 1.56. The van der Waals surface area contributed by atoms with Crippen molar-refractivity contribution in [1.82, 2.24) is 19.8 Å². The SMILES string of the molecule is O=C(O)CCNC(=O)C1Cc2ncn(Cc3ccc([N+](=O)[O-])cc3)c2CN1C(=O)Cc1ccccc1. The second-order valence-electron chi connectivity index (χ2n) is 8.53. The average Bonchev–Trinajstić information content (AvgIpc) is 3.25. The number of rotatable bonds is 9. The van der Waals surface area contributed by atoms with Crippen LogP contribution in [0.15, 0.2) is 60.9 Å². The standard InChI is InChI=1S/C25H25N5O6/c31-23(12-17-4-2-1-3-5-17)29-15-22-20(13-21(29)25(34)26-11-10-24(32)33)27-16-28(22)14-18-6-8-19(9-7-18)30(35)36/h1-9,16,21H,10-15H2,(H,26,34)(H,32,33). The zero-order valence-corrected chi connectivity index (χ0v) is 19.4. The van der Waals surface area contributed by atoms with Crippen molar-refractivity contribution in [3.8, 4) is 0 Å². The number of carboxylic acid groups (broad SMARTS) is 1. The molecule has 0 saturated carbocycles. The lowest BCUT2D eigenvalue weighted by Crippen LogP contribution is -2.53. The van der Waals surface area contributed by atoms with Crippen molar-refractivity contribution in [2.24, 2.45) is 0 Å². The van der Waals surface area contributed by atoms with Gasteiger partial charge in [0.2, 0.25) is 11.8 Å². The molecule has 0 fully saturated rings. The molecule has 2 N–H and O–H groups in total. The predicted octanol–water partition coefficient (Wildman–Crippen LogP) is 1.93. The Kier molecular flexibility index (Phi) is 7.38. The molecule has 1 aliphatic heterocycles. The second-order valence-corrected chi connectivity index (χ2v) is 8.53.